The molecule has 5 nitrogen and oxygen atoms in total. The predicted molar refractivity (Wildman–Crippen MR) is 99.2 cm³/mol. The summed E-state index contributed by atoms with van der Waals surface area (Å²) in [7, 11) is -4.07. The minimum absolute atomic E-state index is 0.0651. The molecule has 136 valence electrons. The SMILES string of the molecule is CCc1cccc(CN(CCO)Cc2cccc(CP(=O)(O)O)c2)c1. The summed E-state index contributed by atoms with van der Waals surface area (Å²) in [4.78, 5) is 20.4. The normalized spacial score (nSPS) is 11.9. The minimum Gasteiger partial charge on any atom is -0.395 e. The predicted octanol–water partition coefficient (Wildman–Crippen LogP) is 2.92. The van der Waals surface area contributed by atoms with E-state index in [-0.39, 0.29) is 12.8 Å². The number of aliphatic hydroxyl groups excluding tert-OH is 1. The van der Waals surface area contributed by atoms with Crippen LogP contribution < -0.4 is 0 Å². The molecule has 0 bridgehead atoms. The second-order valence-corrected chi connectivity index (χ2v) is 7.90. The molecule has 0 saturated heterocycles. The number of hydrogen-bond donors (Lipinski definition) is 3. The van der Waals surface area contributed by atoms with Crippen molar-refractivity contribution < 1.29 is 19.5 Å². The van der Waals surface area contributed by atoms with Gasteiger partial charge in [-0.1, -0.05) is 55.5 Å². The van der Waals surface area contributed by atoms with E-state index in [0.717, 1.165) is 18.5 Å². The molecule has 0 fully saturated rings. The molecule has 2 aromatic carbocycles. The molecule has 0 aliphatic heterocycles. The third kappa shape index (κ3) is 7.10. The third-order valence-corrected chi connectivity index (χ3v) is 4.79. The first-order valence-electron chi connectivity index (χ1n) is 8.43. The highest BCUT2D eigenvalue weighted by Crippen LogP contribution is 2.39. The molecular formula is C19H26NO4P. The van der Waals surface area contributed by atoms with Crippen molar-refractivity contribution in [2.24, 2.45) is 0 Å². The van der Waals surface area contributed by atoms with Crippen LogP contribution in [-0.2, 0) is 30.2 Å². The Labute approximate surface area is 149 Å². The fraction of sp³-hybridized carbons (Fsp3) is 0.368. The minimum atomic E-state index is -4.07. The van der Waals surface area contributed by atoms with E-state index < -0.39 is 7.60 Å². The van der Waals surface area contributed by atoms with Crippen LogP contribution in [-0.4, -0.2) is 32.9 Å². The van der Waals surface area contributed by atoms with Crippen molar-refractivity contribution in [3.63, 3.8) is 0 Å². The van der Waals surface area contributed by atoms with Crippen LogP contribution in [0.15, 0.2) is 48.5 Å². The van der Waals surface area contributed by atoms with Gasteiger partial charge >= 0.3 is 7.60 Å². The molecule has 3 N–H and O–H groups in total. The van der Waals surface area contributed by atoms with Gasteiger partial charge in [0, 0.05) is 19.6 Å². The Hall–Kier alpha value is -1.49. The Morgan fingerprint density at radius 1 is 0.920 bits per heavy atom. The van der Waals surface area contributed by atoms with Gasteiger partial charge in [0.25, 0.3) is 0 Å². The van der Waals surface area contributed by atoms with Crippen molar-refractivity contribution in [3.8, 4) is 0 Å². The van der Waals surface area contributed by atoms with Gasteiger partial charge in [0.15, 0.2) is 0 Å². The van der Waals surface area contributed by atoms with E-state index >= 15 is 0 Å². The van der Waals surface area contributed by atoms with Gasteiger partial charge in [0.05, 0.1) is 12.8 Å². The highest BCUT2D eigenvalue weighted by Gasteiger charge is 2.14. The summed E-state index contributed by atoms with van der Waals surface area (Å²) in [6.45, 7) is 4.06. The molecule has 2 rings (SSSR count). The van der Waals surface area contributed by atoms with Crippen LogP contribution in [0.2, 0.25) is 0 Å². The summed E-state index contributed by atoms with van der Waals surface area (Å²) in [6.07, 6.45) is 0.734. The average molecular weight is 363 g/mol. The number of aryl methyl sites for hydroxylation is 1. The van der Waals surface area contributed by atoms with Crippen LogP contribution in [0.25, 0.3) is 0 Å². The molecule has 0 radical (unpaired) electrons. The Morgan fingerprint density at radius 3 is 1.96 bits per heavy atom. The lowest BCUT2D eigenvalue weighted by Crippen LogP contribution is -2.26. The second-order valence-electron chi connectivity index (χ2n) is 6.25. The summed E-state index contributed by atoms with van der Waals surface area (Å²) in [6, 6.07) is 15.7. The number of hydrogen-bond acceptors (Lipinski definition) is 3. The Kier molecular flexibility index (Phi) is 7.36. The van der Waals surface area contributed by atoms with Crippen LogP contribution in [0.4, 0.5) is 0 Å². The van der Waals surface area contributed by atoms with Gasteiger partial charge in [0.2, 0.25) is 0 Å². The number of aliphatic hydroxyl groups is 1. The van der Waals surface area contributed by atoms with E-state index in [0.29, 0.717) is 18.7 Å². The number of nitrogens with zero attached hydrogens (tertiary/aromatic N) is 1. The summed E-state index contributed by atoms with van der Waals surface area (Å²) in [5.74, 6) is 0. The van der Waals surface area contributed by atoms with Crippen molar-refractivity contribution in [2.45, 2.75) is 32.6 Å². The van der Waals surface area contributed by atoms with Crippen molar-refractivity contribution in [1.29, 1.82) is 0 Å². The molecule has 2 aromatic rings. The van der Waals surface area contributed by atoms with Crippen molar-refractivity contribution in [1.82, 2.24) is 4.90 Å². The Bertz CT molecular complexity index is 729. The molecule has 25 heavy (non-hydrogen) atoms. The van der Waals surface area contributed by atoms with Crippen molar-refractivity contribution >= 4 is 7.60 Å². The van der Waals surface area contributed by atoms with Gasteiger partial charge in [-0.3, -0.25) is 9.46 Å². The lowest BCUT2D eigenvalue weighted by molar-refractivity contribution is 0.184. The first-order valence-corrected chi connectivity index (χ1v) is 10.2. The van der Waals surface area contributed by atoms with Crippen LogP contribution in [0.3, 0.4) is 0 Å². The van der Waals surface area contributed by atoms with Gasteiger partial charge in [-0.05, 0) is 28.7 Å². The zero-order valence-electron chi connectivity index (χ0n) is 14.5. The Balaban J connectivity index is 2.10. The summed E-state index contributed by atoms with van der Waals surface area (Å²) < 4.78 is 11.2. The van der Waals surface area contributed by atoms with Gasteiger partial charge in [-0.25, -0.2) is 0 Å². The van der Waals surface area contributed by atoms with E-state index in [1.54, 1.807) is 6.07 Å². The van der Waals surface area contributed by atoms with Gasteiger partial charge in [-0.15, -0.1) is 0 Å². The topological polar surface area (TPSA) is 81.0 Å². The van der Waals surface area contributed by atoms with Gasteiger partial charge < -0.3 is 14.9 Å². The van der Waals surface area contributed by atoms with E-state index in [4.69, 9.17) is 9.79 Å². The lowest BCUT2D eigenvalue weighted by atomic mass is 10.1. The molecule has 6 heteroatoms. The fourth-order valence-corrected chi connectivity index (χ4v) is 3.56. The molecule has 0 aliphatic carbocycles. The molecule has 0 atom stereocenters. The summed E-state index contributed by atoms with van der Waals surface area (Å²) >= 11 is 0. The van der Waals surface area contributed by atoms with E-state index in [2.05, 4.69) is 30.0 Å². The molecule has 0 spiro atoms. The van der Waals surface area contributed by atoms with Crippen LogP contribution in [0.1, 0.15) is 29.2 Å². The summed E-state index contributed by atoms with van der Waals surface area (Å²) in [5.41, 5.74) is 4.08. The first kappa shape index (κ1) is 19.8. The van der Waals surface area contributed by atoms with Crippen LogP contribution >= 0.6 is 7.60 Å². The third-order valence-electron chi connectivity index (χ3n) is 4.01. The average Bonchev–Trinajstić information content (AvgIpc) is 2.54. The zero-order chi connectivity index (χ0) is 18.3. The van der Waals surface area contributed by atoms with Crippen molar-refractivity contribution in [3.05, 3.63) is 70.8 Å². The van der Waals surface area contributed by atoms with Crippen molar-refractivity contribution in [2.75, 3.05) is 13.2 Å². The standard InChI is InChI=1S/C19H26NO4P/c1-2-16-5-3-6-17(11-16)13-20(9-10-21)14-18-7-4-8-19(12-18)15-25(22,23)24/h3-8,11-12,21H,2,9-10,13-15H2,1H3,(H2,22,23,24). The summed E-state index contributed by atoms with van der Waals surface area (Å²) in [5, 5.41) is 9.36. The zero-order valence-corrected chi connectivity index (χ0v) is 15.4. The van der Waals surface area contributed by atoms with Crippen LogP contribution in [0, 0.1) is 0 Å². The first-order chi connectivity index (χ1) is 11.9. The smallest absolute Gasteiger partial charge is 0.329 e. The monoisotopic (exact) mass is 363 g/mol. The highest BCUT2D eigenvalue weighted by atomic mass is 31.2. The van der Waals surface area contributed by atoms with Gasteiger partial charge in [-0.2, -0.15) is 0 Å². The van der Waals surface area contributed by atoms with Gasteiger partial charge in [0.1, 0.15) is 0 Å². The lowest BCUT2D eigenvalue weighted by Gasteiger charge is -2.22. The molecular weight excluding hydrogens is 337 g/mol. The largest absolute Gasteiger partial charge is 0.395 e. The van der Waals surface area contributed by atoms with E-state index in [1.165, 1.54) is 11.1 Å². The van der Waals surface area contributed by atoms with E-state index in [9.17, 15) is 9.67 Å². The molecule has 0 unspecified atom stereocenters. The maximum absolute atomic E-state index is 11.2. The maximum atomic E-state index is 11.2. The Morgan fingerprint density at radius 2 is 1.44 bits per heavy atom. The second kappa shape index (κ2) is 9.27. The molecule has 0 aromatic heterocycles. The maximum Gasteiger partial charge on any atom is 0.329 e. The molecule has 0 saturated carbocycles. The molecule has 0 heterocycles. The quantitative estimate of drug-likeness (QED) is 0.597. The van der Waals surface area contributed by atoms with Crippen LogP contribution in [0.5, 0.6) is 0 Å². The highest BCUT2D eigenvalue weighted by molar-refractivity contribution is 7.50. The fourth-order valence-electron chi connectivity index (χ4n) is 2.88. The number of benzene rings is 2. The number of rotatable bonds is 9. The van der Waals surface area contributed by atoms with E-state index in [1.807, 2.05) is 24.3 Å². The molecule has 0 aliphatic rings. The molecule has 0 amide bonds.